The van der Waals surface area contributed by atoms with Gasteiger partial charge in [-0.05, 0) is 34.7 Å². The summed E-state index contributed by atoms with van der Waals surface area (Å²) in [5, 5.41) is 73.4. The third-order valence-corrected chi connectivity index (χ3v) is 6.82. The van der Waals surface area contributed by atoms with Crippen LogP contribution in [-0.4, -0.2) is 98.2 Å². The lowest BCUT2D eigenvalue weighted by Gasteiger charge is -2.40. The van der Waals surface area contributed by atoms with Gasteiger partial charge in [0.2, 0.25) is 0 Å². The summed E-state index contributed by atoms with van der Waals surface area (Å²) >= 11 is 6.39. The van der Waals surface area contributed by atoms with E-state index in [1.54, 1.807) is 18.2 Å². The van der Waals surface area contributed by atoms with Crippen LogP contribution in [0.5, 0.6) is 0 Å². The summed E-state index contributed by atoms with van der Waals surface area (Å²) in [5.74, 6) is 0. The Hall–Kier alpha value is -2.32. The average Bonchev–Trinajstić information content (AvgIpc) is 2.91. The minimum absolute atomic E-state index is 0.165. The van der Waals surface area contributed by atoms with Gasteiger partial charge < -0.3 is 51.1 Å². The van der Waals surface area contributed by atoms with Gasteiger partial charge in [-0.1, -0.05) is 48.0 Å². The van der Waals surface area contributed by atoms with Crippen molar-refractivity contribution in [1.29, 1.82) is 0 Å². The molecule has 9 N–H and O–H groups in total. The molecule has 0 radical (unpaired) electrons. The molecular weight excluding hydrogens is 508 g/mol. The van der Waals surface area contributed by atoms with Crippen molar-refractivity contribution in [1.82, 2.24) is 10.6 Å². The zero-order chi connectivity index (χ0) is 27.2. The van der Waals surface area contributed by atoms with E-state index in [2.05, 4.69) is 10.6 Å². The minimum Gasteiger partial charge on any atom is -0.394 e. The predicted molar refractivity (Wildman–Crippen MR) is 133 cm³/mol. The van der Waals surface area contributed by atoms with Crippen molar-refractivity contribution in [2.24, 2.45) is 0 Å². The Bertz CT molecular complexity index is 1030. The van der Waals surface area contributed by atoms with E-state index in [0.29, 0.717) is 17.0 Å². The van der Waals surface area contributed by atoms with Gasteiger partial charge in [-0.15, -0.1) is 0 Å². The smallest absolute Gasteiger partial charge is 0.315 e. The van der Waals surface area contributed by atoms with Gasteiger partial charge in [0.05, 0.1) is 26.4 Å². The molecule has 1 aliphatic rings. The van der Waals surface area contributed by atoms with Crippen LogP contribution in [0.3, 0.4) is 0 Å². The van der Waals surface area contributed by atoms with E-state index < -0.39 is 68.5 Å². The van der Waals surface area contributed by atoms with Crippen molar-refractivity contribution in [2.75, 3.05) is 26.4 Å². The molecule has 5 atom stereocenters. The van der Waals surface area contributed by atoms with Gasteiger partial charge in [0.25, 0.3) is 0 Å². The van der Waals surface area contributed by atoms with Gasteiger partial charge in [-0.3, -0.25) is 0 Å². The molecule has 0 spiro atoms. The Morgan fingerprint density at radius 3 is 2.11 bits per heavy atom. The van der Waals surface area contributed by atoms with Crippen molar-refractivity contribution in [3.63, 3.8) is 0 Å². The van der Waals surface area contributed by atoms with Crippen molar-refractivity contribution < 1.29 is 45.3 Å². The van der Waals surface area contributed by atoms with Crippen LogP contribution in [0, 0.1) is 0 Å². The molecule has 0 bridgehead atoms. The number of urea groups is 1. The maximum absolute atomic E-state index is 12.1. The first kappa shape index (κ1) is 29.2. The Labute approximate surface area is 218 Å². The lowest BCUT2D eigenvalue weighted by atomic mass is 9.90. The topological polar surface area (TPSA) is 192 Å². The summed E-state index contributed by atoms with van der Waals surface area (Å²) in [6, 6.07) is 11.7. The number of hydrogen-bond acceptors (Lipinski definition) is 9. The number of aliphatic hydroxyl groups is 7. The predicted octanol–water partition coefficient (Wildman–Crippen LogP) is -1.04. The molecule has 11 nitrogen and oxygen atoms in total. The lowest BCUT2D eigenvalue weighted by Crippen LogP contribution is -2.59. The minimum atomic E-state index is -1.52. The molecule has 0 aromatic heterocycles. The molecule has 1 saturated heterocycles. The van der Waals surface area contributed by atoms with Crippen LogP contribution >= 0.6 is 11.6 Å². The van der Waals surface area contributed by atoms with E-state index in [1.807, 2.05) is 24.3 Å². The summed E-state index contributed by atoms with van der Waals surface area (Å²) in [6.45, 7) is -2.22. The molecule has 2 aromatic rings. The van der Waals surface area contributed by atoms with E-state index in [-0.39, 0.29) is 6.54 Å². The van der Waals surface area contributed by atoms with Crippen molar-refractivity contribution in [2.45, 2.75) is 49.0 Å². The zero-order valence-corrected chi connectivity index (χ0v) is 20.8. The van der Waals surface area contributed by atoms with Gasteiger partial charge in [0, 0.05) is 11.6 Å². The fourth-order valence-electron chi connectivity index (χ4n) is 4.02. The van der Waals surface area contributed by atoms with Gasteiger partial charge in [0.15, 0.2) is 0 Å². The molecule has 2 amide bonds. The standard InChI is InChI=1S/C25H33ClN2O9/c26-18-6-5-16(23-22(35)21(34)20(33)19(10-29)37-23)8-17(18)7-14-1-3-15(4-2-14)9-27-24(36)28-25(11-30,12-31)13-32/h1-6,8,19-23,29-35H,7,9-13H2,(H2,27,28,36)/t19-,20-,21+,22-,23+/m1/s1. The number of hydrogen-bond donors (Lipinski definition) is 9. The molecule has 1 fully saturated rings. The first-order valence-corrected chi connectivity index (χ1v) is 12.1. The molecule has 1 aliphatic heterocycles. The molecule has 0 saturated carbocycles. The maximum Gasteiger partial charge on any atom is 0.315 e. The Morgan fingerprint density at radius 2 is 1.51 bits per heavy atom. The number of ether oxygens (including phenoxy) is 1. The monoisotopic (exact) mass is 540 g/mol. The SMILES string of the molecule is O=C(NCc1ccc(Cc2cc([C@@H]3O[C@H](CO)[C@@H](O)[C@H](O)[C@H]3O)ccc2Cl)cc1)NC(CO)(CO)CO. The van der Waals surface area contributed by atoms with Gasteiger partial charge >= 0.3 is 6.03 Å². The highest BCUT2D eigenvalue weighted by Crippen LogP contribution is 2.34. The lowest BCUT2D eigenvalue weighted by molar-refractivity contribution is -0.231. The first-order chi connectivity index (χ1) is 17.7. The molecule has 37 heavy (non-hydrogen) atoms. The number of carbonyl (C=O) groups is 1. The third-order valence-electron chi connectivity index (χ3n) is 6.45. The highest BCUT2D eigenvalue weighted by Gasteiger charge is 2.44. The number of benzene rings is 2. The third kappa shape index (κ3) is 6.96. The molecular formula is C25H33ClN2O9. The van der Waals surface area contributed by atoms with E-state index in [4.69, 9.17) is 16.3 Å². The molecule has 1 heterocycles. The Morgan fingerprint density at radius 1 is 0.892 bits per heavy atom. The Kier molecular flexibility index (Phi) is 10.2. The van der Waals surface area contributed by atoms with Crippen molar-refractivity contribution in [3.05, 3.63) is 69.7 Å². The Balaban J connectivity index is 1.65. The largest absolute Gasteiger partial charge is 0.394 e. The van der Waals surface area contributed by atoms with Crippen LogP contribution in [0.25, 0.3) is 0 Å². The summed E-state index contributed by atoms with van der Waals surface area (Å²) in [6.07, 6.45) is -5.86. The van der Waals surface area contributed by atoms with Crippen LogP contribution < -0.4 is 10.6 Å². The summed E-state index contributed by atoms with van der Waals surface area (Å²) < 4.78 is 5.64. The normalized spacial score (nSPS) is 24.1. The van der Waals surface area contributed by atoms with Crippen molar-refractivity contribution in [3.8, 4) is 0 Å². The van der Waals surface area contributed by atoms with Gasteiger partial charge in [0.1, 0.15) is 36.1 Å². The van der Waals surface area contributed by atoms with Crippen molar-refractivity contribution >= 4 is 17.6 Å². The molecule has 3 rings (SSSR count). The van der Waals surface area contributed by atoms with Gasteiger partial charge in [-0.2, -0.15) is 0 Å². The number of nitrogens with one attached hydrogen (secondary N) is 2. The molecule has 12 heteroatoms. The molecule has 2 aromatic carbocycles. The summed E-state index contributed by atoms with van der Waals surface area (Å²) in [7, 11) is 0. The van der Waals surface area contributed by atoms with Crippen LogP contribution in [0.2, 0.25) is 5.02 Å². The highest BCUT2D eigenvalue weighted by atomic mass is 35.5. The van der Waals surface area contributed by atoms with E-state index in [1.165, 1.54) is 0 Å². The molecule has 0 unspecified atom stereocenters. The second-order valence-corrected chi connectivity index (χ2v) is 9.56. The number of aliphatic hydroxyl groups excluding tert-OH is 7. The number of carbonyl (C=O) groups excluding carboxylic acids is 1. The van der Waals surface area contributed by atoms with E-state index in [0.717, 1.165) is 16.7 Å². The van der Waals surface area contributed by atoms with Crippen LogP contribution in [0.4, 0.5) is 4.79 Å². The number of rotatable bonds is 10. The fourth-order valence-corrected chi connectivity index (χ4v) is 4.20. The fraction of sp³-hybridized carbons (Fsp3) is 0.480. The van der Waals surface area contributed by atoms with E-state index >= 15 is 0 Å². The summed E-state index contributed by atoms with van der Waals surface area (Å²) in [5.41, 5.74) is 1.43. The average molecular weight is 541 g/mol. The van der Waals surface area contributed by atoms with Crippen LogP contribution in [0.15, 0.2) is 42.5 Å². The van der Waals surface area contributed by atoms with Crippen LogP contribution in [0.1, 0.15) is 28.4 Å². The maximum atomic E-state index is 12.1. The second kappa shape index (κ2) is 13.0. The molecule has 0 aliphatic carbocycles. The van der Waals surface area contributed by atoms with E-state index in [9.17, 15) is 40.5 Å². The van der Waals surface area contributed by atoms with Gasteiger partial charge in [-0.25, -0.2) is 4.79 Å². The second-order valence-electron chi connectivity index (χ2n) is 9.16. The zero-order valence-electron chi connectivity index (χ0n) is 20.0. The molecule has 204 valence electrons. The summed E-state index contributed by atoms with van der Waals surface area (Å²) in [4.78, 5) is 12.1. The van der Waals surface area contributed by atoms with Crippen LogP contribution in [-0.2, 0) is 17.7 Å². The highest BCUT2D eigenvalue weighted by molar-refractivity contribution is 6.31. The first-order valence-electron chi connectivity index (χ1n) is 11.7. The number of halogens is 1. The quantitative estimate of drug-likeness (QED) is 0.181. The number of amides is 2.